The number of benzene rings is 9. The quantitative estimate of drug-likeness (QED) is 0.0593. The summed E-state index contributed by atoms with van der Waals surface area (Å²) in [7, 11) is 0. The molecule has 0 aromatic heterocycles. The van der Waals surface area contributed by atoms with Crippen molar-refractivity contribution in [2.45, 2.75) is 203 Å². The Morgan fingerprint density at radius 1 is 0.361 bits per heavy atom. The second kappa shape index (κ2) is 28.8. The van der Waals surface area contributed by atoms with Crippen LogP contribution in [0.15, 0.2) is 157 Å². The maximum Gasteiger partial charge on any atom is 0.514 e. The Morgan fingerprint density at radius 2 is 0.657 bits per heavy atom. The molecule has 0 saturated heterocycles. The van der Waals surface area contributed by atoms with Crippen LogP contribution >= 0.6 is 0 Å². The average molecular weight is 1470 g/mol. The van der Waals surface area contributed by atoms with Crippen LogP contribution in [0.2, 0.25) is 0 Å². The van der Waals surface area contributed by atoms with Gasteiger partial charge in [0.15, 0.2) is 0 Å². The second-order valence-corrected chi connectivity index (χ2v) is 33.0. The Labute approximate surface area is 628 Å². The molecule has 564 valence electrons. The highest BCUT2D eigenvalue weighted by atomic mass is 16.8. The number of allylic oxidation sites excluding steroid dienone is 2. The Hall–Kier alpha value is -11.3. The lowest BCUT2D eigenvalue weighted by molar-refractivity contribution is -0.0311. The third-order valence-corrected chi connectivity index (χ3v) is 18.3. The standard InChI is InChI=1S/C88H92O20/c1-47-39-48(2)76(102-82(94)106-86(14,15)16)64(40-47)74-72-62-45-57(96-78(90)104-84(8,9)10)30-23-53(62)27-35-67(72)100-68-36-28-54-24-32-59(46-63(54)73(68)74)98-80(92)108-88(19,20)38-37-87(17,18)107-79(91)97-58-31-22-52-26-34-66-71(61(52)44-58)69(55-41-49(3)75(50(4)42-55)101-81(93)105-85(11,12)13)70-60-43-56(95-77(89)103-83(5,6)7)29-21-51(60)25-33-65(70)99-66/h21-36,39-46,48,69,74,76H,37-38H2,1-20H3. The van der Waals surface area contributed by atoms with E-state index < -0.39 is 88.5 Å². The van der Waals surface area contributed by atoms with E-state index in [2.05, 4.69) is 0 Å². The van der Waals surface area contributed by atoms with Gasteiger partial charge in [0, 0.05) is 40.0 Å². The van der Waals surface area contributed by atoms with Gasteiger partial charge >= 0.3 is 36.9 Å². The summed E-state index contributed by atoms with van der Waals surface area (Å²) < 4.78 is 84.0. The minimum Gasteiger partial charge on any atom is -0.457 e. The molecule has 0 amide bonds. The molecule has 2 heterocycles. The minimum atomic E-state index is -1.17. The first kappa shape index (κ1) is 76.4. The number of carbonyl (C=O) groups excluding carboxylic acids is 6. The summed E-state index contributed by atoms with van der Waals surface area (Å²) in [5, 5.41) is 5.94. The number of hydrogen-bond donors (Lipinski definition) is 0. The SMILES string of the molecule is CC1=CC(C)C(OC(=O)OC(C)(C)C)C(C2c3c(ccc4ccc(OC(=O)OC(C)(C)C)cc34)Oc3ccc4ccc(OC(=O)OC(C)(C)CCC(C)(C)OC(=O)Oc5ccc6ccc7c(c6c5)C(c5cc(C)c(OC(=O)OC(C)(C)C)c(C)c5)c5c(ccc6ccc(OC(=O)OC(C)(C)C)cc56)O7)cc4c32)=C1. The maximum atomic E-state index is 14.1. The number of hydrogen-bond acceptors (Lipinski definition) is 20. The zero-order valence-electron chi connectivity index (χ0n) is 64.7. The predicted octanol–water partition coefficient (Wildman–Crippen LogP) is 23.3. The van der Waals surface area contributed by atoms with E-state index in [1.54, 1.807) is 159 Å². The van der Waals surface area contributed by atoms with Crippen molar-refractivity contribution >= 4 is 80.0 Å². The lowest BCUT2D eigenvalue weighted by atomic mass is 9.72. The summed E-state index contributed by atoms with van der Waals surface area (Å²) in [6.45, 7) is 35.7. The molecular formula is C88H92O20. The lowest BCUT2D eigenvalue weighted by Gasteiger charge is -2.38. The van der Waals surface area contributed by atoms with Gasteiger partial charge in [-0.3, -0.25) is 0 Å². The van der Waals surface area contributed by atoms with Crippen LogP contribution in [0.1, 0.15) is 188 Å². The van der Waals surface area contributed by atoms with E-state index in [1.807, 2.05) is 125 Å². The van der Waals surface area contributed by atoms with Gasteiger partial charge in [-0.2, -0.15) is 0 Å². The van der Waals surface area contributed by atoms with Crippen LogP contribution in [0, 0.1) is 19.8 Å². The van der Waals surface area contributed by atoms with Crippen molar-refractivity contribution in [3.8, 4) is 51.7 Å². The van der Waals surface area contributed by atoms with Crippen LogP contribution in [0.5, 0.6) is 51.7 Å². The van der Waals surface area contributed by atoms with Gasteiger partial charge in [0.1, 0.15) is 91.5 Å². The van der Waals surface area contributed by atoms with E-state index in [9.17, 15) is 28.8 Å². The number of carbonyl (C=O) groups is 6. The van der Waals surface area contributed by atoms with Crippen LogP contribution < -0.4 is 33.2 Å². The van der Waals surface area contributed by atoms with Gasteiger partial charge in [-0.15, -0.1) is 0 Å². The Bertz CT molecular complexity index is 5170. The lowest BCUT2D eigenvalue weighted by Crippen LogP contribution is -2.35. The van der Waals surface area contributed by atoms with Crippen molar-refractivity contribution in [1.29, 1.82) is 0 Å². The zero-order valence-corrected chi connectivity index (χ0v) is 64.7. The summed E-state index contributed by atoms with van der Waals surface area (Å²) in [6.07, 6.45) is -1.77. The number of rotatable bonds is 13. The third kappa shape index (κ3) is 17.6. The Morgan fingerprint density at radius 3 is 0.991 bits per heavy atom. The first-order chi connectivity index (χ1) is 50.5. The molecule has 1 aliphatic carbocycles. The van der Waals surface area contributed by atoms with Crippen molar-refractivity contribution in [2.24, 2.45) is 5.92 Å². The summed E-state index contributed by atoms with van der Waals surface area (Å²) in [5.41, 5.74) is 1.04. The highest BCUT2D eigenvalue weighted by molar-refractivity contribution is 5.99. The molecule has 0 saturated carbocycles. The third-order valence-electron chi connectivity index (χ3n) is 18.3. The fourth-order valence-corrected chi connectivity index (χ4v) is 14.0. The molecule has 9 aromatic rings. The van der Waals surface area contributed by atoms with Crippen molar-refractivity contribution < 1.29 is 95.1 Å². The number of aryl methyl sites for hydroxylation is 2. The molecular weight excluding hydrogens is 1380 g/mol. The van der Waals surface area contributed by atoms with Gasteiger partial charge in [0.25, 0.3) is 0 Å². The van der Waals surface area contributed by atoms with Crippen molar-refractivity contribution in [1.82, 2.24) is 0 Å². The molecule has 9 aromatic carbocycles. The molecule has 12 rings (SSSR count). The normalized spacial score (nSPS) is 16.3. The van der Waals surface area contributed by atoms with Gasteiger partial charge in [0.05, 0.1) is 0 Å². The summed E-state index contributed by atoms with van der Waals surface area (Å²) in [5.74, 6) is 1.64. The molecule has 0 N–H and O–H groups in total. The minimum absolute atomic E-state index is 0.157. The predicted molar refractivity (Wildman–Crippen MR) is 409 cm³/mol. The maximum absolute atomic E-state index is 14.1. The van der Waals surface area contributed by atoms with Gasteiger partial charge in [0.2, 0.25) is 0 Å². The van der Waals surface area contributed by atoms with E-state index in [4.69, 9.17) is 66.3 Å². The zero-order chi connectivity index (χ0) is 78.1. The van der Waals surface area contributed by atoms with Crippen LogP contribution in [0.25, 0.3) is 43.1 Å². The topological polar surface area (TPSA) is 232 Å². The fraction of sp³-hybridized carbons (Fsp3) is 0.364. The highest BCUT2D eigenvalue weighted by Gasteiger charge is 2.42. The van der Waals surface area contributed by atoms with E-state index >= 15 is 0 Å². The molecule has 4 unspecified atom stereocenters. The molecule has 3 aliphatic rings. The van der Waals surface area contributed by atoms with Crippen LogP contribution in [-0.4, -0.2) is 76.6 Å². The molecule has 0 fully saturated rings. The fourth-order valence-electron chi connectivity index (χ4n) is 14.0. The van der Waals surface area contributed by atoms with E-state index in [1.165, 1.54) is 0 Å². The Balaban J connectivity index is 0.796. The summed E-state index contributed by atoms with van der Waals surface area (Å²) in [6, 6.07) is 40.3. The van der Waals surface area contributed by atoms with Crippen LogP contribution in [-0.2, 0) is 33.2 Å². The van der Waals surface area contributed by atoms with Gasteiger partial charge in [-0.05, 0) is 283 Å². The molecule has 0 bridgehead atoms. The number of fused-ring (bicyclic) bond motifs is 12. The first-order valence-electron chi connectivity index (χ1n) is 36.1. The van der Waals surface area contributed by atoms with Crippen molar-refractivity contribution in [3.63, 3.8) is 0 Å². The van der Waals surface area contributed by atoms with E-state index in [0.29, 0.717) is 67.2 Å². The molecule has 20 nitrogen and oxygen atoms in total. The number of ether oxygens (including phenoxy) is 14. The van der Waals surface area contributed by atoms with Crippen molar-refractivity contribution in [3.05, 3.63) is 196 Å². The molecule has 20 heteroatoms. The first-order valence-corrected chi connectivity index (χ1v) is 36.1. The van der Waals surface area contributed by atoms with E-state index in [-0.39, 0.29) is 41.8 Å². The van der Waals surface area contributed by atoms with Gasteiger partial charge in [-0.25, -0.2) is 28.8 Å². The largest absolute Gasteiger partial charge is 0.514 e. The summed E-state index contributed by atoms with van der Waals surface area (Å²) in [4.78, 5) is 81.3. The smallest absolute Gasteiger partial charge is 0.457 e. The second-order valence-electron chi connectivity index (χ2n) is 33.0. The molecule has 0 spiro atoms. The van der Waals surface area contributed by atoms with Crippen molar-refractivity contribution in [2.75, 3.05) is 0 Å². The van der Waals surface area contributed by atoms with Gasteiger partial charge in [-0.1, -0.05) is 85.3 Å². The monoisotopic (exact) mass is 1470 g/mol. The molecule has 0 radical (unpaired) electrons. The van der Waals surface area contributed by atoms with E-state index in [0.717, 1.165) is 54.8 Å². The van der Waals surface area contributed by atoms with Crippen LogP contribution in [0.4, 0.5) is 28.8 Å². The molecule has 4 atom stereocenters. The molecule has 2 aliphatic heterocycles. The highest BCUT2D eigenvalue weighted by Crippen LogP contribution is 2.57. The Kier molecular flexibility index (Phi) is 20.4. The average Bonchev–Trinajstić information content (AvgIpc) is 0.725. The summed E-state index contributed by atoms with van der Waals surface area (Å²) >= 11 is 0. The molecule has 108 heavy (non-hydrogen) atoms. The van der Waals surface area contributed by atoms with Gasteiger partial charge < -0.3 is 66.3 Å². The van der Waals surface area contributed by atoms with Crippen LogP contribution in [0.3, 0.4) is 0 Å².